The molecule has 0 saturated carbocycles. The molecule has 0 saturated heterocycles. The van der Waals surface area contributed by atoms with E-state index in [9.17, 15) is 0 Å². The van der Waals surface area contributed by atoms with Gasteiger partial charge in [0.1, 0.15) is 7.85 Å². The van der Waals surface area contributed by atoms with Crippen molar-refractivity contribution in [1.82, 2.24) is 5.32 Å². The van der Waals surface area contributed by atoms with Crippen LogP contribution in [-0.2, 0) is 6.54 Å². The molecular formula is C8H12BN. The van der Waals surface area contributed by atoms with E-state index in [1.54, 1.807) is 0 Å². The summed E-state index contributed by atoms with van der Waals surface area (Å²) >= 11 is 0. The predicted molar refractivity (Wildman–Crippen MR) is 47.4 cm³/mol. The molecule has 0 aromatic heterocycles. The first-order valence-electron chi connectivity index (χ1n) is 3.53. The average Bonchev–Trinajstić information content (AvgIpc) is 1.95. The van der Waals surface area contributed by atoms with Crippen LogP contribution in [0.1, 0.15) is 5.56 Å². The summed E-state index contributed by atoms with van der Waals surface area (Å²) in [5.74, 6) is 0. The number of hydrogen-bond donors (Lipinski definition) is 1. The lowest BCUT2D eigenvalue weighted by Crippen LogP contribution is -2.07. The van der Waals surface area contributed by atoms with E-state index in [0.29, 0.717) is 0 Å². The highest BCUT2D eigenvalue weighted by atomic mass is 14.8. The number of nitrogens with one attached hydrogen (secondary N) is 1. The topological polar surface area (TPSA) is 12.0 Å². The number of hydrogen-bond acceptors (Lipinski definition) is 1. The van der Waals surface area contributed by atoms with Crippen molar-refractivity contribution in [2.75, 3.05) is 7.05 Å². The van der Waals surface area contributed by atoms with Gasteiger partial charge in [-0.1, -0.05) is 29.7 Å². The van der Waals surface area contributed by atoms with Crippen molar-refractivity contribution in [3.8, 4) is 0 Å². The highest BCUT2D eigenvalue weighted by Gasteiger charge is 1.87. The summed E-state index contributed by atoms with van der Waals surface area (Å²) in [7, 11) is 4.06. The molecule has 0 radical (unpaired) electrons. The standard InChI is InChI=1S/C8H12BN/c1-10-6-7-2-4-8(9)5-3-7/h2-5,10H,6,9H2,1H3. The number of rotatable bonds is 2. The highest BCUT2D eigenvalue weighted by Crippen LogP contribution is 1.93. The van der Waals surface area contributed by atoms with Gasteiger partial charge in [0, 0.05) is 6.54 Å². The molecule has 1 aromatic rings. The Balaban J connectivity index is 2.69. The molecule has 0 bridgehead atoms. The molecule has 0 fully saturated rings. The molecular weight excluding hydrogens is 121 g/mol. The van der Waals surface area contributed by atoms with Gasteiger partial charge in [-0.05, 0) is 12.6 Å². The van der Waals surface area contributed by atoms with Gasteiger partial charge in [0.15, 0.2) is 0 Å². The van der Waals surface area contributed by atoms with Gasteiger partial charge in [0.05, 0.1) is 0 Å². The van der Waals surface area contributed by atoms with Crippen molar-refractivity contribution < 1.29 is 0 Å². The van der Waals surface area contributed by atoms with Crippen LogP contribution in [0.5, 0.6) is 0 Å². The van der Waals surface area contributed by atoms with Crippen molar-refractivity contribution in [2.24, 2.45) is 0 Å². The predicted octanol–water partition coefficient (Wildman–Crippen LogP) is -0.336. The molecule has 0 heterocycles. The zero-order chi connectivity index (χ0) is 7.40. The van der Waals surface area contributed by atoms with Gasteiger partial charge in [-0.3, -0.25) is 0 Å². The van der Waals surface area contributed by atoms with Gasteiger partial charge in [-0.25, -0.2) is 0 Å². The maximum atomic E-state index is 3.10. The van der Waals surface area contributed by atoms with E-state index in [2.05, 4.69) is 37.4 Å². The Hall–Kier alpha value is -0.755. The molecule has 1 rings (SSSR count). The van der Waals surface area contributed by atoms with E-state index < -0.39 is 0 Å². The van der Waals surface area contributed by atoms with E-state index in [4.69, 9.17) is 0 Å². The zero-order valence-corrected chi connectivity index (χ0v) is 6.52. The molecule has 10 heavy (non-hydrogen) atoms. The van der Waals surface area contributed by atoms with E-state index >= 15 is 0 Å². The smallest absolute Gasteiger partial charge is 0.139 e. The van der Waals surface area contributed by atoms with E-state index in [-0.39, 0.29) is 0 Å². The summed E-state index contributed by atoms with van der Waals surface area (Å²) in [5, 5.41) is 3.10. The normalized spacial score (nSPS) is 9.70. The Morgan fingerprint density at radius 3 is 2.40 bits per heavy atom. The average molecular weight is 133 g/mol. The molecule has 1 nitrogen and oxygen atoms in total. The third-order valence-corrected chi connectivity index (χ3v) is 1.50. The molecule has 0 spiro atoms. The van der Waals surface area contributed by atoms with Crippen molar-refractivity contribution in [3.63, 3.8) is 0 Å². The summed E-state index contributed by atoms with van der Waals surface area (Å²) in [6, 6.07) is 8.55. The van der Waals surface area contributed by atoms with Crippen LogP contribution in [0.4, 0.5) is 0 Å². The molecule has 0 unspecified atom stereocenters. The quantitative estimate of drug-likeness (QED) is 0.544. The third kappa shape index (κ3) is 1.88. The SMILES string of the molecule is Bc1ccc(CNC)cc1. The minimum absolute atomic E-state index is 0.959. The van der Waals surface area contributed by atoms with Crippen molar-refractivity contribution in [2.45, 2.75) is 6.54 Å². The maximum absolute atomic E-state index is 3.10. The third-order valence-electron chi connectivity index (χ3n) is 1.50. The van der Waals surface area contributed by atoms with Crippen LogP contribution in [0, 0.1) is 0 Å². The van der Waals surface area contributed by atoms with Gasteiger partial charge in [0.2, 0.25) is 0 Å². The second-order valence-corrected chi connectivity index (χ2v) is 2.52. The Labute approximate surface area is 62.9 Å². The fourth-order valence-electron chi connectivity index (χ4n) is 0.910. The van der Waals surface area contributed by atoms with Gasteiger partial charge < -0.3 is 5.32 Å². The maximum Gasteiger partial charge on any atom is 0.139 e. The Bertz CT molecular complexity index is 193. The molecule has 0 atom stereocenters. The second kappa shape index (κ2) is 3.42. The molecule has 0 aliphatic heterocycles. The van der Waals surface area contributed by atoms with Crippen molar-refractivity contribution in [1.29, 1.82) is 0 Å². The zero-order valence-electron chi connectivity index (χ0n) is 6.52. The van der Waals surface area contributed by atoms with Crippen molar-refractivity contribution in [3.05, 3.63) is 29.8 Å². The van der Waals surface area contributed by atoms with Gasteiger partial charge in [-0.2, -0.15) is 0 Å². The molecule has 52 valence electrons. The summed E-state index contributed by atoms with van der Waals surface area (Å²) in [6.45, 7) is 0.959. The summed E-state index contributed by atoms with van der Waals surface area (Å²) in [5.41, 5.74) is 2.66. The lowest BCUT2D eigenvalue weighted by Gasteiger charge is -1.98. The Kier molecular flexibility index (Phi) is 2.52. The van der Waals surface area contributed by atoms with E-state index in [0.717, 1.165) is 6.54 Å². The van der Waals surface area contributed by atoms with Crippen LogP contribution in [0.3, 0.4) is 0 Å². The van der Waals surface area contributed by atoms with E-state index in [1.165, 1.54) is 11.0 Å². The fraction of sp³-hybridized carbons (Fsp3) is 0.250. The lowest BCUT2D eigenvalue weighted by atomic mass is 9.95. The van der Waals surface area contributed by atoms with Gasteiger partial charge in [0.25, 0.3) is 0 Å². The van der Waals surface area contributed by atoms with Crippen LogP contribution in [-0.4, -0.2) is 14.9 Å². The highest BCUT2D eigenvalue weighted by molar-refractivity contribution is 6.32. The molecule has 0 aliphatic rings. The second-order valence-electron chi connectivity index (χ2n) is 2.52. The Morgan fingerprint density at radius 1 is 1.30 bits per heavy atom. The van der Waals surface area contributed by atoms with Crippen LogP contribution in [0.2, 0.25) is 0 Å². The van der Waals surface area contributed by atoms with Gasteiger partial charge in [-0.15, -0.1) is 0 Å². The minimum Gasteiger partial charge on any atom is -0.316 e. The summed E-state index contributed by atoms with van der Waals surface area (Å²) in [6.07, 6.45) is 0. The number of benzene rings is 1. The summed E-state index contributed by atoms with van der Waals surface area (Å²) < 4.78 is 0. The Morgan fingerprint density at radius 2 is 1.90 bits per heavy atom. The largest absolute Gasteiger partial charge is 0.316 e. The molecule has 1 N–H and O–H groups in total. The minimum atomic E-state index is 0.959. The molecule has 0 amide bonds. The van der Waals surface area contributed by atoms with Gasteiger partial charge >= 0.3 is 0 Å². The van der Waals surface area contributed by atoms with Crippen LogP contribution < -0.4 is 10.8 Å². The van der Waals surface area contributed by atoms with E-state index in [1.807, 2.05) is 7.05 Å². The first kappa shape index (κ1) is 7.35. The summed E-state index contributed by atoms with van der Waals surface area (Å²) in [4.78, 5) is 0. The molecule has 1 aromatic carbocycles. The monoisotopic (exact) mass is 133 g/mol. The van der Waals surface area contributed by atoms with Crippen molar-refractivity contribution >= 4 is 13.3 Å². The first-order chi connectivity index (χ1) is 4.83. The first-order valence-corrected chi connectivity index (χ1v) is 3.53. The fourth-order valence-corrected chi connectivity index (χ4v) is 0.910. The van der Waals surface area contributed by atoms with Crippen LogP contribution in [0.15, 0.2) is 24.3 Å². The molecule has 2 heteroatoms. The lowest BCUT2D eigenvalue weighted by molar-refractivity contribution is 0.818. The van der Waals surface area contributed by atoms with Crippen LogP contribution in [0.25, 0.3) is 0 Å². The molecule has 0 aliphatic carbocycles. The van der Waals surface area contributed by atoms with Crippen LogP contribution >= 0.6 is 0 Å².